The van der Waals surface area contributed by atoms with E-state index in [1.165, 1.54) is 31.4 Å². The quantitative estimate of drug-likeness (QED) is 0.525. The lowest BCUT2D eigenvalue weighted by Gasteiger charge is -2.01. The molecule has 0 saturated heterocycles. The SMILES string of the molecule is COC(=O)c1ccc(C(=O)C(=O)c2ccc(C)[nH]2)cc1. The van der Waals surface area contributed by atoms with E-state index in [9.17, 15) is 14.4 Å². The van der Waals surface area contributed by atoms with Crippen LogP contribution in [0.5, 0.6) is 0 Å². The van der Waals surface area contributed by atoms with E-state index in [-0.39, 0.29) is 11.3 Å². The number of esters is 1. The zero-order chi connectivity index (χ0) is 14.7. The molecular weight excluding hydrogens is 258 g/mol. The number of nitrogens with one attached hydrogen (secondary N) is 1. The van der Waals surface area contributed by atoms with Crippen molar-refractivity contribution in [3.8, 4) is 0 Å². The van der Waals surface area contributed by atoms with E-state index < -0.39 is 17.5 Å². The molecule has 0 radical (unpaired) electrons. The Bertz CT molecular complexity index is 667. The summed E-state index contributed by atoms with van der Waals surface area (Å²) in [6, 6.07) is 9.06. The molecule has 2 aromatic rings. The van der Waals surface area contributed by atoms with Gasteiger partial charge in [-0.05, 0) is 31.2 Å². The van der Waals surface area contributed by atoms with Crippen LogP contribution < -0.4 is 0 Å². The maximum absolute atomic E-state index is 12.0. The third kappa shape index (κ3) is 2.66. The fourth-order valence-electron chi connectivity index (χ4n) is 1.77. The van der Waals surface area contributed by atoms with E-state index >= 15 is 0 Å². The number of aromatic nitrogens is 1. The Morgan fingerprint density at radius 2 is 1.50 bits per heavy atom. The fraction of sp³-hybridized carbons (Fsp3) is 0.133. The molecule has 0 aliphatic carbocycles. The molecular formula is C15H13NO4. The monoisotopic (exact) mass is 271 g/mol. The number of H-pyrrole nitrogens is 1. The molecule has 0 spiro atoms. The van der Waals surface area contributed by atoms with Crippen molar-refractivity contribution in [1.29, 1.82) is 0 Å². The predicted octanol–water partition coefficient (Wildman–Crippen LogP) is 2.18. The molecule has 0 saturated carbocycles. The number of hydrogen-bond donors (Lipinski definition) is 1. The van der Waals surface area contributed by atoms with Crippen LogP contribution in [0.25, 0.3) is 0 Å². The zero-order valence-corrected chi connectivity index (χ0v) is 11.1. The summed E-state index contributed by atoms with van der Waals surface area (Å²) in [5.74, 6) is -1.72. The van der Waals surface area contributed by atoms with Crippen molar-refractivity contribution in [1.82, 2.24) is 4.98 Å². The van der Waals surface area contributed by atoms with Crippen molar-refractivity contribution in [2.24, 2.45) is 0 Å². The fourth-order valence-corrected chi connectivity index (χ4v) is 1.77. The van der Waals surface area contributed by atoms with Gasteiger partial charge in [0.25, 0.3) is 0 Å². The van der Waals surface area contributed by atoms with E-state index in [0.717, 1.165) is 5.69 Å². The number of carbonyl (C=O) groups is 3. The molecule has 0 unspecified atom stereocenters. The van der Waals surface area contributed by atoms with Gasteiger partial charge in [0, 0.05) is 11.3 Å². The normalized spacial score (nSPS) is 10.1. The molecule has 5 heteroatoms. The molecule has 1 N–H and O–H groups in total. The van der Waals surface area contributed by atoms with Crippen molar-refractivity contribution < 1.29 is 19.1 Å². The number of aromatic amines is 1. The average molecular weight is 271 g/mol. The van der Waals surface area contributed by atoms with Crippen molar-refractivity contribution in [2.45, 2.75) is 6.92 Å². The lowest BCUT2D eigenvalue weighted by atomic mass is 10.0. The lowest BCUT2D eigenvalue weighted by Crippen LogP contribution is -2.15. The molecule has 1 aromatic heterocycles. The van der Waals surface area contributed by atoms with Crippen molar-refractivity contribution in [3.05, 3.63) is 58.9 Å². The third-order valence-corrected chi connectivity index (χ3v) is 2.85. The number of methoxy groups -OCH3 is 1. The second-order valence-corrected chi connectivity index (χ2v) is 4.28. The van der Waals surface area contributed by atoms with Crippen LogP contribution in [-0.2, 0) is 4.74 Å². The van der Waals surface area contributed by atoms with Gasteiger partial charge in [0.05, 0.1) is 18.4 Å². The highest BCUT2D eigenvalue weighted by molar-refractivity contribution is 6.48. The summed E-state index contributed by atoms with van der Waals surface area (Å²) < 4.78 is 4.56. The molecule has 0 amide bonds. The Labute approximate surface area is 115 Å². The van der Waals surface area contributed by atoms with Gasteiger partial charge >= 0.3 is 5.97 Å². The number of ether oxygens (including phenoxy) is 1. The zero-order valence-electron chi connectivity index (χ0n) is 11.1. The Morgan fingerprint density at radius 1 is 0.900 bits per heavy atom. The topological polar surface area (TPSA) is 76.2 Å². The minimum atomic E-state index is -0.622. The summed E-state index contributed by atoms with van der Waals surface area (Å²) in [4.78, 5) is 38.1. The summed E-state index contributed by atoms with van der Waals surface area (Å²) in [7, 11) is 1.28. The van der Waals surface area contributed by atoms with E-state index in [1.54, 1.807) is 19.1 Å². The van der Waals surface area contributed by atoms with Crippen LogP contribution in [0.1, 0.15) is 36.9 Å². The number of hydrogen-bond acceptors (Lipinski definition) is 4. The van der Waals surface area contributed by atoms with Crippen LogP contribution in [0.2, 0.25) is 0 Å². The molecule has 2 rings (SSSR count). The van der Waals surface area contributed by atoms with Gasteiger partial charge in [-0.2, -0.15) is 0 Å². The van der Waals surface area contributed by atoms with Gasteiger partial charge in [0.1, 0.15) is 0 Å². The molecule has 5 nitrogen and oxygen atoms in total. The van der Waals surface area contributed by atoms with Gasteiger partial charge in [-0.15, -0.1) is 0 Å². The van der Waals surface area contributed by atoms with Crippen LogP contribution in [-0.4, -0.2) is 29.6 Å². The predicted molar refractivity (Wildman–Crippen MR) is 72.0 cm³/mol. The van der Waals surface area contributed by atoms with Crippen molar-refractivity contribution in [2.75, 3.05) is 7.11 Å². The third-order valence-electron chi connectivity index (χ3n) is 2.85. The maximum Gasteiger partial charge on any atom is 0.337 e. The number of carbonyl (C=O) groups excluding carboxylic acids is 3. The van der Waals surface area contributed by atoms with Gasteiger partial charge in [-0.3, -0.25) is 9.59 Å². The molecule has 0 aliphatic heterocycles. The van der Waals surface area contributed by atoms with Crippen LogP contribution >= 0.6 is 0 Å². The second kappa shape index (κ2) is 5.52. The summed E-state index contributed by atoms with van der Waals surface area (Å²) in [6.45, 7) is 1.80. The van der Waals surface area contributed by atoms with E-state index in [2.05, 4.69) is 9.72 Å². The summed E-state index contributed by atoms with van der Waals surface area (Å²) in [5.41, 5.74) is 1.62. The van der Waals surface area contributed by atoms with Gasteiger partial charge in [0.15, 0.2) is 0 Å². The molecule has 0 aliphatic rings. The highest BCUT2D eigenvalue weighted by Gasteiger charge is 2.19. The molecule has 1 aromatic carbocycles. The standard InChI is InChI=1S/C15H13NO4/c1-9-3-8-12(16-9)14(18)13(17)10-4-6-11(7-5-10)15(19)20-2/h3-8,16H,1-2H3. The van der Waals surface area contributed by atoms with Gasteiger partial charge in [-0.1, -0.05) is 12.1 Å². The Balaban J connectivity index is 2.21. The van der Waals surface area contributed by atoms with Crippen molar-refractivity contribution in [3.63, 3.8) is 0 Å². The first-order valence-corrected chi connectivity index (χ1v) is 5.96. The summed E-state index contributed by atoms with van der Waals surface area (Å²) >= 11 is 0. The highest BCUT2D eigenvalue weighted by Crippen LogP contribution is 2.10. The minimum absolute atomic E-state index is 0.231. The number of benzene rings is 1. The van der Waals surface area contributed by atoms with Crippen LogP contribution in [0.3, 0.4) is 0 Å². The van der Waals surface area contributed by atoms with E-state index in [4.69, 9.17) is 0 Å². The molecule has 0 bridgehead atoms. The number of ketones is 2. The van der Waals surface area contributed by atoms with E-state index in [1.807, 2.05) is 0 Å². The molecule has 0 fully saturated rings. The number of rotatable bonds is 4. The maximum atomic E-state index is 12.0. The largest absolute Gasteiger partial charge is 0.465 e. The molecule has 102 valence electrons. The first-order chi connectivity index (χ1) is 9.52. The highest BCUT2D eigenvalue weighted by atomic mass is 16.5. The van der Waals surface area contributed by atoms with Crippen LogP contribution in [0.4, 0.5) is 0 Å². The summed E-state index contributed by atoms with van der Waals surface area (Å²) in [5, 5.41) is 0. The molecule has 1 heterocycles. The summed E-state index contributed by atoms with van der Waals surface area (Å²) in [6.07, 6.45) is 0. The van der Waals surface area contributed by atoms with E-state index in [0.29, 0.717) is 5.56 Å². The van der Waals surface area contributed by atoms with Crippen LogP contribution in [0, 0.1) is 6.92 Å². The van der Waals surface area contributed by atoms with Gasteiger partial charge in [-0.25, -0.2) is 4.79 Å². The first kappa shape index (κ1) is 13.7. The Kier molecular flexibility index (Phi) is 3.79. The molecule has 20 heavy (non-hydrogen) atoms. The second-order valence-electron chi connectivity index (χ2n) is 4.28. The van der Waals surface area contributed by atoms with Crippen molar-refractivity contribution >= 4 is 17.5 Å². The average Bonchev–Trinajstić information content (AvgIpc) is 2.91. The minimum Gasteiger partial charge on any atom is -0.465 e. The Morgan fingerprint density at radius 3 is 2.00 bits per heavy atom. The van der Waals surface area contributed by atoms with Gasteiger partial charge in [0.2, 0.25) is 11.6 Å². The Hall–Kier alpha value is -2.69. The number of aryl methyl sites for hydroxylation is 1. The van der Waals surface area contributed by atoms with Crippen LogP contribution in [0.15, 0.2) is 36.4 Å². The number of Topliss-reactive ketones (excluding diaryl/α,β-unsaturated/α-hetero) is 2. The smallest absolute Gasteiger partial charge is 0.337 e. The first-order valence-electron chi connectivity index (χ1n) is 5.96. The lowest BCUT2D eigenvalue weighted by molar-refractivity contribution is 0.0600. The molecule has 0 atom stereocenters. The van der Waals surface area contributed by atoms with Gasteiger partial charge < -0.3 is 9.72 Å².